The van der Waals surface area contributed by atoms with E-state index in [0.717, 1.165) is 5.56 Å². The van der Waals surface area contributed by atoms with E-state index >= 15 is 0 Å². The molecule has 32 heavy (non-hydrogen) atoms. The Kier molecular flexibility index (Phi) is 6.30. The Morgan fingerprint density at radius 2 is 1.97 bits per heavy atom. The lowest BCUT2D eigenvalue weighted by Gasteiger charge is -2.28. The van der Waals surface area contributed by atoms with Crippen molar-refractivity contribution in [3.63, 3.8) is 0 Å². The maximum Gasteiger partial charge on any atom is 0.320 e. The van der Waals surface area contributed by atoms with Crippen LogP contribution in [0.3, 0.4) is 0 Å². The first-order valence-corrected chi connectivity index (χ1v) is 10.5. The van der Waals surface area contributed by atoms with Crippen LogP contribution in [0.4, 0.5) is 4.39 Å². The first kappa shape index (κ1) is 21.7. The lowest BCUT2D eigenvalue weighted by molar-refractivity contribution is -0.162. The number of aromatic nitrogens is 2. The third kappa shape index (κ3) is 4.39. The fourth-order valence-corrected chi connectivity index (χ4v) is 4.13. The molecule has 0 saturated carbocycles. The minimum atomic E-state index is -1.15. The summed E-state index contributed by atoms with van der Waals surface area (Å²) in [6.07, 6.45) is 1.42. The van der Waals surface area contributed by atoms with Gasteiger partial charge in [0, 0.05) is 18.5 Å². The number of fused-ring (bicyclic) bond motifs is 2. The highest BCUT2D eigenvalue weighted by Crippen LogP contribution is 2.32. The normalized spacial score (nSPS) is 16.2. The molecule has 0 amide bonds. The highest BCUT2D eigenvalue weighted by atomic mass is 19.1. The van der Waals surface area contributed by atoms with Gasteiger partial charge in [-0.3, -0.25) is 19.0 Å². The van der Waals surface area contributed by atoms with Crippen LogP contribution in [0.25, 0.3) is 10.9 Å². The summed E-state index contributed by atoms with van der Waals surface area (Å²) in [7, 11) is 1.22. The van der Waals surface area contributed by atoms with Gasteiger partial charge in [0.05, 0.1) is 18.0 Å². The number of hydrogen-bond acceptors (Lipinski definition) is 6. The van der Waals surface area contributed by atoms with Gasteiger partial charge >= 0.3 is 11.9 Å². The van der Waals surface area contributed by atoms with Crippen molar-refractivity contribution in [1.29, 1.82) is 0 Å². The summed E-state index contributed by atoms with van der Waals surface area (Å²) in [5.41, 5.74) is 0.805. The van der Waals surface area contributed by atoms with Gasteiger partial charge in [-0.25, -0.2) is 9.37 Å². The largest absolute Gasteiger partial charge is 0.468 e. The van der Waals surface area contributed by atoms with E-state index in [-0.39, 0.29) is 30.0 Å². The minimum absolute atomic E-state index is 0.0377. The van der Waals surface area contributed by atoms with Crippen molar-refractivity contribution in [2.24, 2.45) is 5.92 Å². The molecule has 2 unspecified atom stereocenters. The summed E-state index contributed by atoms with van der Waals surface area (Å²) in [6.45, 7) is 0.516. The molecule has 4 rings (SSSR count). The summed E-state index contributed by atoms with van der Waals surface area (Å²) >= 11 is 0. The van der Waals surface area contributed by atoms with Gasteiger partial charge in [-0.05, 0) is 37.0 Å². The van der Waals surface area contributed by atoms with Crippen LogP contribution in [0.15, 0.2) is 53.3 Å². The summed E-state index contributed by atoms with van der Waals surface area (Å²) in [5, 5.41) is 0.336. The quantitative estimate of drug-likeness (QED) is 0.433. The molecule has 1 aromatic heterocycles. The zero-order valence-corrected chi connectivity index (χ0v) is 17.6. The molecular formula is C24H23FN2O5. The van der Waals surface area contributed by atoms with E-state index in [0.29, 0.717) is 30.6 Å². The van der Waals surface area contributed by atoms with Crippen molar-refractivity contribution in [3.8, 4) is 0 Å². The SMILES string of the molecule is COC(=O)C(CC1CCCn2c1nc1cc(F)ccc1c2=O)C(=O)OCc1ccccc1. The lowest BCUT2D eigenvalue weighted by atomic mass is 9.88. The van der Waals surface area contributed by atoms with Crippen molar-refractivity contribution in [2.45, 2.75) is 38.3 Å². The van der Waals surface area contributed by atoms with E-state index in [1.807, 2.05) is 30.3 Å². The number of carbonyl (C=O) groups is 2. The van der Waals surface area contributed by atoms with E-state index in [1.54, 1.807) is 4.57 Å². The molecule has 2 aromatic carbocycles. The Bertz CT molecular complexity index is 1210. The maximum absolute atomic E-state index is 13.7. The van der Waals surface area contributed by atoms with Crippen LogP contribution in [0, 0.1) is 11.7 Å². The van der Waals surface area contributed by atoms with Crippen molar-refractivity contribution in [3.05, 3.63) is 76.1 Å². The molecule has 1 aliphatic heterocycles. The Hall–Kier alpha value is -3.55. The number of rotatable bonds is 6. The molecule has 3 aromatic rings. The molecule has 0 saturated heterocycles. The standard InChI is InChI=1S/C24H23FN2O5/c1-31-23(29)19(24(30)32-14-15-6-3-2-4-7-15)12-16-8-5-11-27-21(16)26-20-13-17(25)9-10-18(20)22(27)28/h2-4,6-7,9-10,13,16,19H,5,8,11-12,14H2,1H3. The van der Waals surface area contributed by atoms with E-state index in [4.69, 9.17) is 9.47 Å². The topological polar surface area (TPSA) is 87.5 Å². The first-order valence-electron chi connectivity index (χ1n) is 10.5. The Labute approximate surface area is 183 Å². The number of methoxy groups -OCH3 is 1. The highest BCUT2D eigenvalue weighted by Gasteiger charge is 2.35. The third-order valence-corrected chi connectivity index (χ3v) is 5.76. The predicted octanol–water partition coefficient (Wildman–Crippen LogP) is 3.34. The van der Waals surface area contributed by atoms with Crippen molar-refractivity contribution >= 4 is 22.8 Å². The molecule has 0 spiro atoms. The molecule has 2 atom stereocenters. The lowest BCUT2D eigenvalue weighted by Crippen LogP contribution is -2.34. The summed E-state index contributed by atoms with van der Waals surface area (Å²) in [4.78, 5) is 42.6. The van der Waals surface area contributed by atoms with Gasteiger partial charge in [0.15, 0.2) is 5.92 Å². The summed E-state index contributed by atoms with van der Waals surface area (Å²) < 4.78 is 25.5. The molecule has 0 fully saturated rings. The van der Waals surface area contributed by atoms with Gasteiger partial charge < -0.3 is 9.47 Å². The van der Waals surface area contributed by atoms with Gasteiger partial charge in [0.25, 0.3) is 5.56 Å². The van der Waals surface area contributed by atoms with E-state index in [2.05, 4.69) is 4.98 Å². The second-order valence-electron chi connectivity index (χ2n) is 7.83. The average Bonchev–Trinajstić information content (AvgIpc) is 2.81. The molecular weight excluding hydrogens is 415 g/mol. The molecule has 7 nitrogen and oxygen atoms in total. The van der Waals surface area contributed by atoms with Gasteiger partial charge in [-0.1, -0.05) is 30.3 Å². The Morgan fingerprint density at radius 1 is 1.19 bits per heavy atom. The smallest absolute Gasteiger partial charge is 0.320 e. The first-order chi connectivity index (χ1) is 15.5. The maximum atomic E-state index is 13.7. The second-order valence-corrected chi connectivity index (χ2v) is 7.83. The van der Waals surface area contributed by atoms with Crippen LogP contribution >= 0.6 is 0 Å². The van der Waals surface area contributed by atoms with Crippen LogP contribution in [-0.4, -0.2) is 28.6 Å². The molecule has 0 radical (unpaired) electrons. The summed E-state index contributed by atoms with van der Waals surface area (Å²) in [5.74, 6) is -2.93. The predicted molar refractivity (Wildman–Crippen MR) is 114 cm³/mol. The van der Waals surface area contributed by atoms with E-state index in [9.17, 15) is 18.8 Å². The van der Waals surface area contributed by atoms with Crippen LogP contribution in [-0.2, 0) is 32.2 Å². The van der Waals surface area contributed by atoms with Gasteiger partial charge in [0.1, 0.15) is 18.2 Å². The van der Waals surface area contributed by atoms with Gasteiger partial charge in [-0.2, -0.15) is 0 Å². The fourth-order valence-electron chi connectivity index (χ4n) is 4.13. The molecule has 166 valence electrons. The third-order valence-electron chi connectivity index (χ3n) is 5.76. The number of ether oxygens (including phenoxy) is 2. The van der Waals surface area contributed by atoms with E-state index < -0.39 is 23.7 Å². The minimum Gasteiger partial charge on any atom is -0.468 e. The number of halogens is 1. The van der Waals surface area contributed by atoms with Crippen molar-refractivity contribution in [2.75, 3.05) is 7.11 Å². The highest BCUT2D eigenvalue weighted by molar-refractivity contribution is 5.95. The Morgan fingerprint density at radius 3 is 2.72 bits per heavy atom. The molecule has 8 heteroatoms. The fraction of sp³-hybridized carbons (Fsp3) is 0.333. The van der Waals surface area contributed by atoms with Crippen LogP contribution in [0.2, 0.25) is 0 Å². The molecule has 0 bridgehead atoms. The van der Waals surface area contributed by atoms with Crippen LogP contribution < -0.4 is 5.56 Å². The molecule has 2 heterocycles. The number of esters is 2. The van der Waals surface area contributed by atoms with Crippen molar-refractivity contribution < 1.29 is 23.5 Å². The second kappa shape index (κ2) is 9.30. The zero-order chi connectivity index (χ0) is 22.7. The van der Waals surface area contributed by atoms with Crippen LogP contribution in [0.5, 0.6) is 0 Å². The van der Waals surface area contributed by atoms with Gasteiger partial charge in [-0.15, -0.1) is 0 Å². The van der Waals surface area contributed by atoms with Crippen LogP contribution in [0.1, 0.15) is 36.6 Å². The molecule has 1 aliphatic rings. The number of nitrogens with zero attached hydrogens (tertiary/aromatic N) is 2. The number of hydrogen-bond donors (Lipinski definition) is 0. The molecule has 0 N–H and O–H groups in total. The van der Waals surface area contributed by atoms with E-state index in [1.165, 1.54) is 25.3 Å². The number of carbonyl (C=O) groups excluding carboxylic acids is 2. The van der Waals surface area contributed by atoms with Gasteiger partial charge in [0.2, 0.25) is 0 Å². The number of benzene rings is 2. The molecule has 0 aliphatic carbocycles. The van der Waals surface area contributed by atoms with Crippen molar-refractivity contribution in [1.82, 2.24) is 9.55 Å². The Balaban J connectivity index is 1.61. The zero-order valence-electron chi connectivity index (χ0n) is 17.6. The average molecular weight is 438 g/mol. The summed E-state index contributed by atoms with van der Waals surface area (Å²) in [6, 6.07) is 13.0. The monoisotopic (exact) mass is 438 g/mol.